The molecule has 2 amide bonds. The number of hydrogen-bond acceptors (Lipinski definition) is 6. The van der Waals surface area contributed by atoms with Gasteiger partial charge in [0.25, 0.3) is 5.91 Å². The number of alkyl carbamates (subject to hydrolysis) is 1. The van der Waals surface area contributed by atoms with Gasteiger partial charge in [-0.05, 0) is 44.4 Å². The molecule has 2 aromatic rings. The van der Waals surface area contributed by atoms with E-state index in [0.29, 0.717) is 18.1 Å². The van der Waals surface area contributed by atoms with E-state index in [1.807, 2.05) is 38.1 Å². The van der Waals surface area contributed by atoms with E-state index >= 15 is 0 Å². The molecule has 1 saturated heterocycles. The van der Waals surface area contributed by atoms with E-state index in [-0.39, 0.29) is 6.10 Å². The molecule has 1 N–H and O–H groups in total. The van der Waals surface area contributed by atoms with Crippen molar-refractivity contribution in [3.05, 3.63) is 47.2 Å². The molecule has 2 unspecified atom stereocenters. The van der Waals surface area contributed by atoms with E-state index in [9.17, 15) is 9.59 Å². The lowest BCUT2D eigenvalue weighted by Crippen LogP contribution is -2.25. The number of aromatic nitrogens is 1. The smallest absolute Gasteiger partial charge is 0.414 e. The van der Waals surface area contributed by atoms with Crippen molar-refractivity contribution in [3.63, 3.8) is 0 Å². The highest BCUT2D eigenvalue weighted by atomic mass is 16.6. The molecule has 2 heterocycles. The summed E-state index contributed by atoms with van der Waals surface area (Å²) in [6.07, 6.45) is 4.70. The number of aryl methyl sites for hydroxylation is 1. The Morgan fingerprint density at radius 3 is 2.55 bits per heavy atom. The van der Waals surface area contributed by atoms with Gasteiger partial charge in [0.2, 0.25) is 0 Å². The summed E-state index contributed by atoms with van der Waals surface area (Å²) in [7, 11) is 0. The zero-order chi connectivity index (χ0) is 20.4. The Labute approximate surface area is 169 Å². The van der Waals surface area contributed by atoms with E-state index in [2.05, 4.69) is 5.32 Å². The predicted molar refractivity (Wildman–Crippen MR) is 105 cm³/mol. The summed E-state index contributed by atoms with van der Waals surface area (Å²) in [5.41, 5.74) is 1.72. The van der Waals surface area contributed by atoms with Crippen LogP contribution in [-0.2, 0) is 16.0 Å². The van der Waals surface area contributed by atoms with Crippen LogP contribution < -0.4 is 10.1 Å². The molecular formula is C22H26N2O5. The summed E-state index contributed by atoms with van der Waals surface area (Å²) in [6, 6.07) is 7.42. The highest BCUT2D eigenvalue weighted by Crippen LogP contribution is 2.34. The molecule has 4 rings (SSSR count). The van der Waals surface area contributed by atoms with Crippen LogP contribution in [0.4, 0.5) is 4.79 Å². The number of cyclic esters (lactones) is 1. The van der Waals surface area contributed by atoms with Gasteiger partial charge in [0.05, 0.1) is 0 Å². The van der Waals surface area contributed by atoms with Crippen molar-refractivity contribution >= 4 is 12.0 Å². The first-order chi connectivity index (χ1) is 14.0. The lowest BCUT2D eigenvalue weighted by molar-refractivity contribution is -0.123. The molecular weight excluding hydrogens is 372 g/mol. The summed E-state index contributed by atoms with van der Waals surface area (Å²) in [6.45, 7) is 3.90. The number of nitrogens with zero attached hydrogens (tertiary/aromatic N) is 1. The van der Waals surface area contributed by atoms with Crippen LogP contribution in [0.1, 0.15) is 74.0 Å². The van der Waals surface area contributed by atoms with Crippen LogP contribution in [-0.4, -0.2) is 23.1 Å². The Hall–Kier alpha value is -2.83. The molecule has 1 aliphatic heterocycles. The van der Waals surface area contributed by atoms with Crippen LogP contribution >= 0.6 is 0 Å². The Morgan fingerprint density at radius 2 is 1.90 bits per heavy atom. The van der Waals surface area contributed by atoms with Crippen molar-refractivity contribution in [2.75, 3.05) is 0 Å². The molecule has 0 bridgehead atoms. The molecule has 1 aromatic carbocycles. The summed E-state index contributed by atoms with van der Waals surface area (Å²) < 4.78 is 17.0. The number of carbonyl (C=O) groups excluding carboxylic acids is 2. The number of nitrogens with one attached hydrogen (secondary N) is 1. The third-order valence-electron chi connectivity index (χ3n) is 5.61. The van der Waals surface area contributed by atoms with E-state index in [1.54, 1.807) is 0 Å². The van der Waals surface area contributed by atoms with E-state index in [1.165, 1.54) is 19.3 Å². The monoisotopic (exact) mass is 398 g/mol. The standard InChI is InChI=1S/C22H26N2O5/c1-13(19-14(2)28-21(23-19)16-6-4-3-5-7-16)27-17-10-8-15(9-11-17)12-18-20(25)24-22(26)29-18/h8-11,13,16,18H,3-7,12H2,1-2H3,(H,24,25,26). The van der Waals surface area contributed by atoms with Crippen LogP contribution in [0.15, 0.2) is 28.7 Å². The summed E-state index contributed by atoms with van der Waals surface area (Å²) in [5, 5.41) is 2.13. The van der Waals surface area contributed by atoms with Gasteiger partial charge < -0.3 is 13.9 Å². The Balaban J connectivity index is 1.38. The summed E-state index contributed by atoms with van der Waals surface area (Å²) in [4.78, 5) is 27.5. The molecule has 1 saturated carbocycles. The van der Waals surface area contributed by atoms with Crippen molar-refractivity contribution in [1.82, 2.24) is 10.3 Å². The number of hydrogen-bond donors (Lipinski definition) is 1. The zero-order valence-corrected chi connectivity index (χ0v) is 16.8. The Morgan fingerprint density at radius 1 is 1.17 bits per heavy atom. The van der Waals surface area contributed by atoms with E-state index in [0.717, 1.165) is 35.7 Å². The normalized spacial score (nSPS) is 21.0. The van der Waals surface area contributed by atoms with Gasteiger partial charge in [-0.1, -0.05) is 31.4 Å². The minimum atomic E-state index is -0.774. The first-order valence-corrected chi connectivity index (χ1v) is 10.2. The molecule has 2 aliphatic rings. The third-order valence-corrected chi connectivity index (χ3v) is 5.61. The van der Waals surface area contributed by atoms with E-state index in [4.69, 9.17) is 18.9 Å². The number of rotatable bonds is 6. The number of amides is 2. The van der Waals surface area contributed by atoms with Gasteiger partial charge in [-0.15, -0.1) is 0 Å². The van der Waals surface area contributed by atoms with Crippen molar-refractivity contribution < 1.29 is 23.5 Å². The van der Waals surface area contributed by atoms with Crippen LogP contribution in [0.2, 0.25) is 0 Å². The fourth-order valence-corrected chi connectivity index (χ4v) is 4.04. The number of ether oxygens (including phenoxy) is 2. The number of benzene rings is 1. The van der Waals surface area contributed by atoms with Crippen LogP contribution in [0.3, 0.4) is 0 Å². The minimum absolute atomic E-state index is 0.233. The number of oxazole rings is 1. The van der Waals surface area contributed by atoms with Crippen LogP contribution in [0.5, 0.6) is 5.75 Å². The van der Waals surface area contributed by atoms with Crippen molar-refractivity contribution in [3.8, 4) is 5.75 Å². The molecule has 1 aliphatic carbocycles. The minimum Gasteiger partial charge on any atom is -0.484 e. The van der Waals surface area contributed by atoms with Gasteiger partial charge in [-0.25, -0.2) is 9.78 Å². The molecule has 154 valence electrons. The van der Waals surface area contributed by atoms with Crippen molar-refractivity contribution in [1.29, 1.82) is 0 Å². The highest BCUT2D eigenvalue weighted by molar-refractivity contribution is 6.00. The maximum Gasteiger partial charge on any atom is 0.414 e. The first-order valence-electron chi connectivity index (χ1n) is 10.2. The molecule has 0 spiro atoms. The van der Waals surface area contributed by atoms with Gasteiger partial charge in [0.1, 0.15) is 23.3 Å². The quantitative estimate of drug-likeness (QED) is 0.778. The molecule has 2 atom stereocenters. The van der Waals surface area contributed by atoms with Gasteiger partial charge >= 0.3 is 6.09 Å². The van der Waals surface area contributed by atoms with Crippen LogP contribution in [0, 0.1) is 6.92 Å². The molecule has 7 nitrogen and oxygen atoms in total. The predicted octanol–water partition coefficient (Wildman–Crippen LogP) is 4.35. The van der Waals surface area contributed by atoms with Gasteiger partial charge in [-0.2, -0.15) is 0 Å². The van der Waals surface area contributed by atoms with Crippen molar-refractivity contribution in [2.24, 2.45) is 0 Å². The fourth-order valence-electron chi connectivity index (χ4n) is 4.04. The maximum absolute atomic E-state index is 11.6. The third kappa shape index (κ3) is 4.44. The second-order valence-electron chi connectivity index (χ2n) is 7.82. The Kier molecular flexibility index (Phi) is 5.56. The average molecular weight is 398 g/mol. The molecule has 2 fully saturated rings. The topological polar surface area (TPSA) is 90.7 Å². The lowest BCUT2D eigenvalue weighted by Gasteiger charge is -2.18. The highest BCUT2D eigenvalue weighted by Gasteiger charge is 2.32. The van der Waals surface area contributed by atoms with Crippen molar-refractivity contribution in [2.45, 2.75) is 70.5 Å². The Bertz CT molecular complexity index is 883. The fraction of sp³-hybridized carbons (Fsp3) is 0.500. The van der Waals surface area contributed by atoms with Crippen LogP contribution in [0.25, 0.3) is 0 Å². The van der Waals surface area contributed by atoms with E-state index < -0.39 is 18.1 Å². The molecule has 29 heavy (non-hydrogen) atoms. The lowest BCUT2D eigenvalue weighted by atomic mass is 9.89. The van der Waals surface area contributed by atoms with Gasteiger partial charge in [-0.3, -0.25) is 10.1 Å². The largest absolute Gasteiger partial charge is 0.484 e. The molecule has 0 radical (unpaired) electrons. The molecule has 7 heteroatoms. The SMILES string of the molecule is Cc1oc(C2CCCCC2)nc1C(C)Oc1ccc(CC2OC(=O)NC2=O)cc1. The second-order valence-corrected chi connectivity index (χ2v) is 7.82. The summed E-state index contributed by atoms with van der Waals surface area (Å²) >= 11 is 0. The van der Waals surface area contributed by atoms with Gasteiger partial charge in [0, 0.05) is 12.3 Å². The second kappa shape index (κ2) is 8.27. The molecule has 1 aromatic heterocycles. The van der Waals surface area contributed by atoms with Gasteiger partial charge in [0.15, 0.2) is 12.0 Å². The maximum atomic E-state index is 11.6. The summed E-state index contributed by atoms with van der Waals surface area (Å²) in [5.74, 6) is 2.37. The number of carbonyl (C=O) groups is 2. The number of imide groups is 1. The average Bonchev–Trinajstić information content (AvgIpc) is 3.25. The first kappa shape index (κ1) is 19.5. The zero-order valence-electron chi connectivity index (χ0n) is 16.8.